The van der Waals surface area contributed by atoms with Crippen molar-refractivity contribution in [3.05, 3.63) is 58.4 Å². The van der Waals surface area contributed by atoms with Crippen molar-refractivity contribution in [2.45, 2.75) is 54.0 Å². The summed E-state index contributed by atoms with van der Waals surface area (Å²) in [5, 5.41) is 31.4. The fourth-order valence-corrected chi connectivity index (χ4v) is 7.91. The number of sulfone groups is 1. The molecule has 2 aliphatic rings. The molecular formula is C24H25ClF3NO6S. The zero-order valence-electron chi connectivity index (χ0n) is 18.9. The maximum Gasteiger partial charge on any atom is 0.255 e. The predicted molar refractivity (Wildman–Crippen MR) is 125 cm³/mol. The van der Waals surface area contributed by atoms with E-state index < -0.39 is 68.6 Å². The molecule has 12 heteroatoms. The molecule has 1 amide bonds. The van der Waals surface area contributed by atoms with Gasteiger partial charge in [-0.05, 0) is 55.7 Å². The van der Waals surface area contributed by atoms with E-state index in [1.807, 2.05) is 0 Å². The van der Waals surface area contributed by atoms with Crippen LogP contribution in [-0.4, -0.2) is 53.2 Å². The number of hydrogen-bond donors (Lipinski definition) is 4. The SMILES string of the molecule is O=C(Nc1cc(F)c(F)c(F)c1)c1ccc(Cl)c(S(=O)(=O)C2CC3CCC(C2)C3(O)CC(O)CO)c1. The van der Waals surface area contributed by atoms with Crippen LogP contribution in [-0.2, 0) is 9.84 Å². The van der Waals surface area contributed by atoms with Crippen LogP contribution in [0.15, 0.2) is 35.2 Å². The number of anilines is 1. The van der Waals surface area contributed by atoms with Crippen LogP contribution >= 0.6 is 11.6 Å². The van der Waals surface area contributed by atoms with Crippen LogP contribution in [0.25, 0.3) is 0 Å². The second-order valence-electron chi connectivity index (χ2n) is 9.49. The van der Waals surface area contributed by atoms with Crippen molar-refractivity contribution in [3.8, 4) is 0 Å². The molecule has 0 heterocycles. The van der Waals surface area contributed by atoms with Gasteiger partial charge in [0, 0.05) is 29.8 Å². The average molecular weight is 548 g/mol. The minimum absolute atomic E-state index is 0.0490. The Balaban J connectivity index is 1.57. The molecule has 2 bridgehead atoms. The molecule has 196 valence electrons. The Hall–Kier alpha value is -2.18. The summed E-state index contributed by atoms with van der Waals surface area (Å²) in [6.07, 6.45) is 0.229. The highest BCUT2D eigenvalue weighted by atomic mass is 35.5. The summed E-state index contributed by atoms with van der Waals surface area (Å²) in [4.78, 5) is 12.4. The number of fused-ring (bicyclic) bond motifs is 2. The van der Waals surface area contributed by atoms with Gasteiger partial charge in [0.05, 0.1) is 33.5 Å². The zero-order chi connectivity index (χ0) is 26.4. The highest BCUT2D eigenvalue weighted by Gasteiger charge is 2.56. The number of rotatable bonds is 7. The first-order valence-electron chi connectivity index (χ1n) is 11.4. The first-order valence-corrected chi connectivity index (χ1v) is 13.3. The molecule has 2 aromatic carbocycles. The monoisotopic (exact) mass is 547 g/mol. The van der Waals surface area contributed by atoms with Gasteiger partial charge in [0.1, 0.15) is 0 Å². The van der Waals surface area contributed by atoms with Gasteiger partial charge in [-0.3, -0.25) is 4.79 Å². The summed E-state index contributed by atoms with van der Waals surface area (Å²) in [5.41, 5.74) is -1.78. The van der Waals surface area contributed by atoms with Crippen LogP contribution in [0.2, 0.25) is 5.02 Å². The summed E-state index contributed by atoms with van der Waals surface area (Å²) >= 11 is 6.19. The molecule has 0 radical (unpaired) electrons. The number of halogens is 4. The lowest BCUT2D eigenvalue weighted by Crippen LogP contribution is -2.50. The fraction of sp³-hybridized carbons (Fsp3) is 0.458. The van der Waals surface area contributed by atoms with E-state index in [1.165, 1.54) is 12.1 Å². The summed E-state index contributed by atoms with van der Waals surface area (Å²) in [5.74, 6) is -6.36. The first-order chi connectivity index (χ1) is 16.9. The standard InChI is InChI=1S/C24H25ClF3NO6S/c25-18-4-1-12(23(32)29-15-8-19(26)22(28)20(27)9-15)5-21(18)36(34,35)17-6-13-2-3-14(7-17)24(13,33)10-16(31)11-30/h1,4-5,8-9,13-14,16-17,30-31,33H,2-3,6-7,10-11H2,(H,29,32). The Bertz CT molecular complexity index is 1250. The quantitative estimate of drug-likeness (QED) is 0.394. The number of carbonyl (C=O) groups excluding carboxylic acids is 1. The van der Waals surface area contributed by atoms with Crippen molar-refractivity contribution in [1.29, 1.82) is 0 Å². The van der Waals surface area contributed by atoms with Crippen LogP contribution < -0.4 is 5.32 Å². The minimum atomic E-state index is -4.06. The predicted octanol–water partition coefficient (Wildman–Crippen LogP) is 3.45. The van der Waals surface area contributed by atoms with E-state index in [-0.39, 0.29) is 40.4 Å². The van der Waals surface area contributed by atoms with Gasteiger partial charge in [0.25, 0.3) is 5.91 Å². The number of benzene rings is 2. The molecule has 2 saturated carbocycles. The molecule has 2 aromatic rings. The third-order valence-corrected chi connectivity index (χ3v) is 9.98. The largest absolute Gasteiger partial charge is 0.394 e. The van der Waals surface area contributed by atoms with Gasteiger partial charge in [0.2, 0.25) is 0 Å². The second kappa shape index (κ2) is 9.94. The minimum Gasteiger partial charge on any atom is -0.394 e. The average Bonchev–Trinajstić information content (AvgIpc) is 2.98. The van der Waals surface area contributed by atoms with Crippen LogP contribution in [0.3, 0.4) is 0 Å². The van der Waals surface area contributed by atoms with Gasteiger partial charge in [-0.25, -0.2) is 21.6 Å². The summed E-state index contributed by atoms with van der Waals surface area (Å²) in [6.45, 7) is -0.509. The van der Waals surface area contributed by atoms with E-state index in [1.54, 1.807) is 0 Å². The number of carbonyl (C=O) groups is 1. The van der Waals surface area contributed by atoms with Crippen LogP contribution in [0.5, 0.6) is 0 Å². The van der Waals surface area contributed by atoms with E-state index in [2.05, 4.69) is 5.32 Å². The number of amides is 1. The lowest BCUT2D eigenvalue weighted by molar-refractivity contribution is -0.0953. The van der Waals surface area contributed by atoms with Crippen LogP contribution in [0.4, 0.5) is 18.9 Å². The van der Waals surface area contributed by atoms with E-state index in [0.29, 0.717) is 25.0 Å². The molecule has 2 fully saturated rings. The van der Waals surface area contributed by atoms with Gasteiger partial charge >= 0.3 is 0 Å². The maximum atomic E-state index is 13.5. The fourth-order valence-electron chi connectivity index (χ4n) is 5.51. The Morgan fingerprint density at radius 1 is 1.11 bits per heavy atom. The molecule has 0 aliphatic heterocycles. The summed E-state index contributed by atoms with van der Waals surface area (Å²) in [7, 11) is -4.06. The van der Waals surface area contributed by atoms with Gasteiger partial charge in [0.15, 0.2) is 27.3 Å². The summed E-state index contributed by atoms with van der Waals surface area (Å²) < 4.78 is 67.2. The zero-order valence-corrected chi connectivity index (χ0v) is 20.5. The number of nitrogens with one attached hydrogen (secondary N) is 1. The number of hydrogen-bond acceptors (Lipinski definition) is 6. The summed E-state index contributed by atoms with van der Waals surface area (Å²) in [6, 6.07) is 4.72. The molecule has 2 aliphatic carbocycles. The Morgan fingerprint density at radius 3 is 2.25 bits per heavy atom. The number of aliphatic hydroxyl groups excluding tert-OH is 2. The van der Waals surface area contributed by atoms with Crippen molar-refractivity contribution < 1.29 is 41.7 Å². The molecule has 0 aromatic heterocycles. The topological polar surface area (TPSA) is 124 Å². The highest BCUT2D eigenvalue weighted by Crippen LogP contribution is 2.54. The highest BCUT2D eigenvalue weighted by molar-refractivity contribution is 7.92. The third-order valence-electron chi connectivity index (χ3n) is 7.33. The molecule has 7 nitrogen and oxygen atoms in total. The smallest absolute Gasteiger partial charge is 0.255 e. The van der Waals surface area contributed by atoms with E-state index >= 15 is 0 Å². The van der Waals surface area contributed by atoms with Gasteiger partial charge in [-0.1, -0.05) is 11.6 Å². The van der Waals surface area contributed by atoms with Gasteiger partial charge in [-0.2, -0.15) is 0 Å². The molecule has 36 heavy (non-hydrogen) atoms. The van der Waals surface area contributed by atoms with Crippen LogP contribution in [0, 0.1) is 29.3 Å². The molecule has 3 unspecified atom stereocenters. The Kier molecular flexibility index (Phi) is 7.42. The molecule has 4 rings (SSSR count). The second-order valence-corrected chi connectivity index (χ2v) is 12.1. The molecular weight excluding hydrogens is 523 g/mol. The first kappa shape index (κ1) is 26.9. The van der Waals surface area contributed by atoms with Gasteiger partial charge < -0.3 is 20.6 Å². The Morgan fingerprint density at radius 2 is 1.69 bits per heavy atom. The van der Waals surface area contributed by atoms with E-state index in [0.717, 1.165) is 6.07 Å². The Labute approximate surface area is 210 Å². The number of aliphatic hydroxyl groups is 3. The van der Waals surface area contributed by atoms with Crippen molar-refractivity contribution in [2.24, 2.45) is 11.8 Å². The molecule has 4 N–H and O–H groups in total. The molecule has 3 atom stereocenters. The molecule has 0 saturated heterocycles. The lowest BCUT2D eigenvalue weighted by Gasteiger charge is -2.43. The normalized spacial score (nSPS) is 26.6. The third kappa shape index (κ3) is 4.87. The van der Waals surface area contributed by atoms with E-state index in [4.69, 9.17) is 11.6 Å². The molecule has 0 spiro atoms. The van der Waals surface area contributed by atoms with Crippen molar-refractivity contribution in [2.75, 3.05) is 11.9 Å². The lowest BCUT2D eigenvalue weighted by atomic mass is 9.71. The van der Waals surface area contributed by atoms with Crippen LogP contribution in [0.1, 0.15) is 42.5 Å². The van der Waals surface area contributed by atoms with Crippen molar-refractivity contribution in [1.82, 2.24) is 0 Å². The van der Waals surface area contributed by atoms with Crippen molar-refractivity contribution in [3.63, 3.8) is 0 Å². The van der Waals surface area contributed by atoms with E-state index in [9.17, 15) is 41.7 Å². The van der Waals surface area contributed by atoms with Crippen molar-refractivity contribution >= 4 is 33.0 Å². The maximum absolute atomic E-state index is 13.5. The van der Waals surface area contributed by atoms with Gasteiger partial charge in [-0.15, -0.1) is 0 Å².